The molecule has 9 heteroatoms. The number of anilines is 3. The van der Waals surface area contributed by atoms with Gasteiger partial charge in [0, 0.05) is 34.1 Å². The molecule has 2 heterocycles. The SMILES string of the molecule is CN1CCC[C@@H]1/C=C/C(=O)Nc1ccc2ncnc(Nc3ccc(F)c(Cl)c3)c2c1-c1cccc(Cl)c1. The van der Waals surface area contributed by atoms with Crippen LogP contribution in [0.3, 0.4) is 0 Å². The molecule has 1 aromatic heterocycles. The van der Waals surface area contributed by atoms with Crippen LogP contribution >= 0.6 is 23.2 Å². The van der Waals surface area contributed by atoms with Crippen LogP contribution in [0.4, 0.5) is 21.6 Å². The van der Waals surface area contributed by atoms with Crippen LogP contribution in [-0.2, 0) is 4.79 Å². The van der Waals surface area contributed by atoms with E-state index in [-0.39, 0.29) is 17.0 Å². The molecule has 37 heavy (non-hydrogen) atoms. The molecule has 2 N–H and O–H groups in total. The average molecular weight is 536 g/mol. The van der Waals surface area contributed by atoms with Crippen molar-refractivity contribution < 1.29 is 9.18 Å². The zero-order valence-corrected chi connectivity index (χ0v) is 21.5. The number of hydrogen-bond acceptors (Lipinski definition) is 5. The molecule has 0 spiro atoms. The second kappa shape index (κ2) is 10.8. The Kier molecular flexibility index (Phi) is 7.37. The second-order valence-corrected chi connectivity index (χ2v) is 9.75. The predicted molar refractivity (Wildman–Crippen MR) is 148 cm³/mol. The van der Waals surface area contributed by atoms with Gasteiger partial charge in [0.1, 0.15) is 18.0 Å². The third-order valence-corrected chi connectivity index (χ3v) is 6.93. The van der Waals surface area contributed by atoms with E-state index in [4.69, 9.17) is 23.2 Å². The van der Waals surface area contributed by atoms with Crippen LogP contribution in [0, 0.1) is 5.82 Å². The van der Waals surface area contributed by atoms with Gasteiger partial charge in [0.2, 0.25) is 5.91 Å². The summed E-state index contributed by atoms with van der Waals surface area (Å²) in [5.74, 6) is -0.275. The number of rotatable bonds is 6. The molecule has 1 amide bonds. The van der Waals surface area contributed by atoms with Crippen molar-refractivity contribution in [1.29, 1.82) is 0 Å². The molecule has 1 aliphatic rings. The number of carbonyl (C=O) groups is 1. The van der Waals surface area contributed by atoms with E-state index >= 15 is 0 Å². The van der Waals surface area contributed by atoms with Crippen molar-refractivity contribution in [3.05, 3.63) is 88.9 Å². The first-order valence-corrected chi connectivity index (χ1v) is 12.6. The van der Waals surface area contributed by atoms with Crippen LogP contribution in [0.1, 0.15) is 12.8 Å². The molecule has 1 atom stereocenters. The van der Waals surface area contributed by atoms with Gasteiger partial charge >= 0.3 is 0 Å². The van der Waals surface area contributed by atoms with Gasteiger partial charge in [-0.1, -0.05) is 41.4 Å². The topological polar surface area (TPSA) is 70.2 Å². The molecule has 5 rings (SSSR count). The molecule has 0 radical (unpaired) electrons. The van der Waals surface area contributed by atoms with Gasteiger partial charge in [-0.05, 0) is 74.5 Å². The molecule has 1 fully saturated rings. The monoisotopic (exact) mass is 535 g/mol. The number of likely N-dealkylation sites (tertiary alicyclic amines) is 1. The Morgan fingerprint density at radius 1 is 1.14 bits per heavy atom. The summed E-state index contributed by atoms with van der Waals surface area (Å²) in [4.78, 5) is 24.1. The number of fused-ring (bicyclic) bond motifs is 1. The molecule has 0 aliphatic carbocycles. The maximum atomic E-state index is 13.7. The van der Waals surface area contributed by atoms with Gasteiger partial charge in [-0.25, -0.2) is 14.4 Å². The van der Waals surface area contributed by atoms with Crippen molar-refractivity contribution in [2.24, 2.45) is 0 Å². The molecule has 3 aromatic carbocycles. The highest BCUT2D eigenvalue weighted by Crippen LogP contribution is 2.40. The summed E-state index contributed by atoms with van der Waals surface area (Å²) in [6, 6.07) is 15.6. The van der Waals surface area contributed by atoms with Crippen molar-refractivity contribution in [3.63, 3.8) is 0 Å². The van der Waals surface area contributed by atoms with Crippen molar-refractivity contribution in [1.82, 2.24) is 14.9 Å². The molecular formula is C28H24Cl2FN5O. The Morgan fingerprint density at radius 2 is 2.00 bits per heavy atom. The molecule has 6 nitrogen and oxygen atoms in total. The van der Waals surface area contributed by atoms with Gasteiger partial charge in [0.05, 0.1) is 15.9 Å². The Hall–Kier alpha value is -3.52. The van der Waals surface area contributed by atoms with Gasteiger partial charge in [0.15, 0.2) is 0 Å². The lowest BCUT2D eigenvalue weighted by Gasteiger charge is -2.17. The molecule has 188 valence electrons. The van der Waals surface area contributed by atoms with E-state index in [9.17, 15) is 9.18 Å². The molecule has 1 saturated heterocycles. The van der Waals surface area contributed by atoms with Crippen LogP contribution in [-0.4, -0.2) is 40.4 Å². The number of halogens is 3. The lowest BCUT2D eigenvalue weighted by atomic mass is 9.98. The third-order valence-electron chi connectivity index (χ3n) is 6.40. The van der Waals surface area contributed by atoms with Crippen LogP contribution in [0.15, 0.2) is 73.1 Å². The van der Waals surface area contributed by atoms with E-state index in [1.807, 2.05) is 36.4 Å². The number of amides is 1. The van der Waals surface area contributed by atoms with Crippen molar-refractivity contribution in [2.45, 2.75) is 18.9 Å². The lowest BCUT2D eigenvalue weighted by molar-refractivity contribution is -0.111. The van der Waals surface area contributed by atoms with Gasteiger partial charge in [-0.15, -0.1) is 0 Å². The van der Waals surface area contributed by atoms with Crippen molar-refractivity contribution in [3.8, 4) is 11.1 Å². The van der Waals surface area contributed by atoms with Gasteiger partial charge in [-0.3, -0.25) is 9.69 Å². The quantitative estimate of drug-likeness (QED) is 0.258. The highest BCUT2D eigenvalue weighted by atomic mass is 35.5. The minimum Gasteiger partial charge on any atom is -0.340 e. The lowest BCUT2D eigenvalue weighted by Crippen LogP contribution is -2.23. The number of benzene rings is 3. The number of hydrogen-bond donors (Lipinski definition) is 2. The molecule has 1 aliphatic heterocycles. The van der Waals surface area contributed by atoms with E-state index in [0.717, 1.165) is 24.9 Å². The van der Waals surface area contributed by atoms with Crippen LogP contribution in [0.25, 0.3) is 22.0 Å². The Morgan fingerprint density at radius 3 is 2.76 bits per heavy atom. The Bertz CT molecular complexity index is 1510. The molecule has 0 bridgehead atoms. The van der Waals surface area contributed by atoms with Gasteiger partial charge in [-0.2, -0.15) is 0 Å². The minimum atomic E-state index is -0.513. The molecule has 0 saturated carbocycles. The summed E-state index contributed by atoms with van der Waals surface area (Å²) in [5, 5.41) is 7.46. The number of nitrogens with one attached hydrogen (secondary N) is 2. The van der Waals surface area contributed by atoms with E-state index < -0.39 is 5.82 Å². The first kappa shape index (κ1) is 25.1. The number of likely N-dealkylation sites (N-methyl/N-ethyl adjacent to an activating group) is 1. The minimum absolute atomic E-state index is 0.00827. The highest BCUT2D eigenvalue weighted by Gasteiger charge is 2.20. The average Bonchev–Trinajstić information content (AvgIpc) is 3.29. The van der Waals surface area contributed by atoms with E-state index in [1.165, 1.54) is 18.5 Å². The molecule has 4 aromatic rings. The van der Waals surface area contributed by atoms with Crippen LogP contribution < -0.4 is 10.6 Å². The summed E-state index contributed by atoms with van der Waals surface area (Å²) in [7, 11) is 2.06. The Balaban J connectivity index is 1.59. The van der Waals surface area contributed by atoms with Gasteiger partial charge < -0.3 is 10.6 Å². The van der Waals surface area contributed by atoms with Crippen LogP contribution in [0.2, 0.25) is 10.0 Å². The smallest absolute Gasteiger partial charge is 0.248 e. The van der Waals surface area contributed by atoms with E-state index in [0.29, 0.717) is 38.7 Å². The summed E-state index contributed by atoms with van der Waals surface area (Å²) in [5.41, 5.74) is 3.28. The van der Waals surface area contributed by atoms with E-state index in [2.05, 4.69) is 32.5 Å². The zero-order chi connectivity index (χ0) is 25.9. The maximum Gasteiger partial charge on any atom is 0.248 e. The largest absolute Gasteiger partial charge is 0.340 e. The highest BCUT2D eigenvalue weighted by molar-refractivity contribution is 6.31. The number of aromatic nitrogens is 2. The zero-order valence-electron chi connectivity index (χ0n) is 20.0. The number of nitrogens with zero attached hydrogens (tertiary/aromatic N) is 3. The summed E-state index contributed by atoms with van der Waals surface area (Å²) < 4.78 is 13.7. The number of carbonyl (C=O) groups excluding carboxylic acids is 1. The van der Waals surface area contributed by atoms with Crippen molar-refractivity contribution >= 4 is 57.2 Å². The first-order chi connectivity index (χ1) is 17.9. The van der Waals surface area contributed by atoms with Crippen LogP contribution in [0.5, 0.6) is 0 Å². The van der Waals surface area contributed by atoms with E-state index in [1.54, 1.807) is 18.2 Å². The fourth-order valence-corrected chi connectivity index (χ4v) is 4.93. The van der Waals surface area contributed by atoms with Crippen molar-refractivity contribution in [2.75, 3.05) is 24.2 Å². The standard InChI is InChI=1S/C28H24Cl2FN5O/c1-36-13-3-6-20(36)8-12-25(37)35-24-11-10-23-27(26(24)17-4-2-5-18(29)14-17)28(33-16-32-23)34-19-7-9-22(31)21(30)15-19/h2,4-5,7-12,14-16,20H,3,6,13H2,1H3,(H,35,37)(H,32,33,34)/b12-8+/t20-/m1/s1. The molecular weight excluding hydrogens is 512 g/mol. The predicted octanol–water partition coefficient (Wildman–Crippen LogP) is 7.08. The normalized spacial score (nSPS) is 15.9. The summed E-state index contributed by atoms with van der Waals surface area (Å²) >= 11 is 12.3. The summed E-state index contributed by atoms with van der Waals surface area (Å²) in [6.45, 7) is 1.02. The first-order valence-electron chi connectivity index (χ1n) is 11.8. The van der Waals surface area contributed by atoms with Gasteiger partial charge in [0.25, 0.3) is 0 Å². The fraction of sp³-hybridized carbons (Fsp3) is 0.179. The second-order valence-electron chi connectivity index (χ2n) is 8.91. The Labute approximate surface area is 224 Å². The molecule has 0 unspecified atom stereocenters. The summed E-state index contributed by atoms with van der Waals surface area (Å²) in [6.07, 6.45) is 7.11. The third kappa shape index (κ3) is 5.59. The maximum absolute atomic E-state index is 13.7. The fourth-order valence-electron chi connectivity index (χ4n) is 4.56.